The number of carbonyl (C=O) groups is 1. The van der Waals surface area contributed by atoms with Crippen molar-refractivity contribution in [2.24, 2.45) is 0 Å². The molecule has 0 saturated carbocycles. The first-order valence-electron chi connectivity index (χ1n) is 6.07. The Morgan fingerprint density at radius 1 is 1.16 bits per heavy atom. The van der Waals surface area contributed by atoms with Gasteiger partial charge in [-0.15, -0.1) is 0 Å². The van der Waals surface area contributed by atoms with E-state index in [0.29, 0.717) is 12.0 Å². The quantitative estimate of drug-likeness (QED) is 0.769. The van der Waals surface area contributed by atoms with E-state index >= 15 is 0 Å². The number of ether oxygens (including phenoxy) is 1. The second kappa shape index (κ2) is 6.14. The molecule has 19 heavy (non-hydrogen) atoms. The Balaban J connectivity index is 2.20. The van der Waals surface area contributed by atoms with Gasteiger partial charge >= 0.3 is 0 Å². The minimum atomic E-state index is -0.345. The fourth-order valence-corrected chi connectivity index (χ4v) is 2.00. The first-order valence-corrected chi connectivity index (χ1v) is 6.07. The molecule has 1 atom stereocenters. The van der Waals surface area contributed by atoms with Crippen LogP contribution >= 0.6 is 0 Å². The zero-order valence-electron chi connectivity index (χ0n) is 10.7. The molecule has 0 aromatic heterocycles. The van der Waals surface area contributed by atoms with Crippen LogP contribution in [0, 0.1) is 5.82 Å². The van der Waals surface area contributed by atoms with Crippen LogP contribution in [0.2, 0.25) is 0 Å². The molecule has 3 heteroatoms. The highest BCUT2D eigenvalue weighted by Gasteiger charge is 2.13. The van der Waals surface area contributed by atoms with Gasteiger partial charge in [0.2, 0.25) is 0 Å². The number of halogens is 1. The monoisotopic (exact) mass is 258 g/mol. The number of aldehydes is 1. The molecule has 2 nitrogen and oxygen atoms in total. The smallest absolute Gasteiger partial charge is 0.127 e. The molecule has 1 unspecified atom stereocenters. The lowest BCUT2D eigenvalue weighted by molar-refractivity contribution is -0.109. The number of hydrogen-bond acceptors (Lipinski definition) is 2. The van der Waals surface area contributed by atoms with Crippen molar-refractivity contribution >= 4 is 6.29 Å². The van der Waals surface area contributed by atoms with E-state index in [0.717, 1.165) is 17.6 Å². The minimum absolute atomic E-state index is 0.275. The van der Waals surface area contributed by atoms with Gasteiger partial charge in [-0.25, -0.2) is 4.39 Å². The molecule has 0 spiro atoms. The van der Waals surface area contributed by atoms with E-state index in [1.165, 1.54) is 6.07 Å². The molecular formula is C16H15FO2. The number of carbonyl (C=O) groups excluding carboxylic acids is 1. The summed E-state index contributed by atoms with van der Waals surface area (Å²) in [5.74, 6) is 0.116. The van der Waals surface area contributed by atoms with Crippen molar-refractivity contribution in [3.63, 3.8) is 0 Å². The van der Waals surface area contributed by atoms with Crippen molar-refractivity contribution in [3.8, 4) is 5.75 Å². The summed E-state index contributed by atoms with van der Waals surface area (Å²) >= 11 is 0. The lowest BCUT2D eigenvalue weighted by Crippen LogP contribution is -2.05. The van der Waals surface area contributed by atoms with Crippen LogP contribution in [0.25, 0.3) is 0 Å². The summed E-state index contributed by atoms with van der Waals surface area (Å²) in [5.41, 5.74) is 1.41. The Bertz CT molecular complexity index is 549. The summed E-state index contributed by atoms with van der Waals surface area (Å²) in [6.07, 6.45) is 1.22. The van der Waals surface area contributed by atoms with Crippen LogP contribution in [0.4, 0.5) is 4.39 Å². The van der Waals surface area contributed by atoms with E-state index in [1.807, 2.05) is 12.1 Å². The molecule has 0 heterocycles. The standard InChI is InChI=1S/C16H15FO2/c1-19-15-8-6-12(7-9-15)14(11-18)10-13-4-2-3-5-16(13)17/h2-9,11,14H,10H2,1H3. The summed E-state index contributed by atoms with van der Waals surface area (Å²) in [5, 5.41) is 0. The van der Waals surface area contributed by atoms with Crippen LogP contribution in [0.3, 0.4) is 0 Å². The van der Waals surface area contributed by atoms with Crippen LogP contribution in [0.1, 0.15) is 17.0 Å². The Morgan fingerprint density at radius 3 is 2.42 bits per heavy atom. The average Bonchev–Trinajstić information content (AvgIpc) is 2.47. The topological polar surface area (TPSA) is 26.3 Å². The lowest BCUT2D eigenvalue weighted by atomic mass is 9.93. The third-order valence-electron chi connectivity index (χ3n) is 3.11. The summed E-state index contributed by atoms with van der Waals surface area (Å²) in [6.45, 7) is 0. The Hall–Kier alpha value is -2.16. The molecule has 98 valence electrons. The first-order chi connectivity index (χ1) is 9.24. The molecule has 0 amide bonds. The van der Waals surface area contributed by atoms with E-state index < -0.39 is 0 Å². The van der Waals surface area contributed by atoms with Crippen LogP contribution in [0.5, 0.6) is 5.75 Å². The van der Waals surface area contributed by atoms with Crippen molar-refractivity contribution in [1.82, 2.24) is 0 Å². The van der Waals surface area contributed by atoms with Crippen molar-refractivity contribution in [1.29, 1.82) is 0 Å². The molecule has 2 aromatic carbocycles. The SMILES string of the molecule is COc1ccc(C(C=O)Cc2ccccc2F)cc1. The van der Waals surface area contributed by atoms with Gasteiger partial charge in [0, 0.05) is 5.92 Å². The predicted octanol–water partition coefficient (Wildman–Crippen LogP) is 3.36. The highest BCUT2D eigenvalue weighted by Crippen LogP contribution is 2.22. The number of rotatable bonds is 5. The molecular weight excluding hydrogens is 243 g/mol. The van der Waals surface area contributed by atoms with Gasteiger partial charge < -0.3 is 9.53 Å². The van der Waals surface area contributed by atoms with Gasteiger partial charge in [0.15, 0.2) is 0 Å². The first kappa shape index (κ1) is 13.3. The molecule has 0 aliphatic heterocycles. The van der Waals surface area contributed by atoms with Gasteiger partial charge in [0.25, 0.3) is 0 Å². The van der Waals surface area contributed by atoms with E-state index in [4.69, 9.17) is 4.74 Å². The van der Waals surface area contributed by atoms with Crippen LogP contribution in [-0.4, -0.2) is 13.4 Å². The molecule has 2 rings (SSSR count). The van der Waals surface area contributed by atoms with Crippen molar-refractivity contribution in [2.75, 3.05) is 7.11 Å². The third kappa shape index (κ3) is 3.19. The highest BCUT2D eigenvalue weighted by molar-refractivity contribution is 5.63. The molecule has 0 saturated heterocycles. The largest absolute Gasteiger partial charge is 0.497 e. The van der Waals surface area contributed by atoms with Crippen molar-refractivity contribution in [3.05, 3.63) is 65.5 Å². The van der Waals surface area contributed by atoms with Gasteiger partial charge in [-0.3, -0.25) is 0 Å². The molecule has 2 aromatic rings. The Labute approximate surface area is 111 Å². The fourth-order valence-electron chi connectivity index (χ4n) is 2.00. The molecule has 0 radical (unpaired) electrons. The normalized spacial score (nSPS) is 11.9. The van der Waals surface area contributed by atoms with Crippen molar-refractivity contribution in [2.45, 2.75) is 12.3 Å². The van der Waals surface area contributed by atoms with Crippen LogP contribution < -0.4 is 4.74 Å². The zero-order valence-corrected chi connectivity index (χ0v) is 10.7. The molecule has 0 fully saturated rings. The predicted molar refractivity (Wildman–Crippen MR) is 71.9 cm³/mol. The Morgan fingerprint density at radius 2 is 1.84 bits per heavy atom. The van der Waals surface area contributed by atoms with Crippen LogP contribution in [0.15, 0.2) is 48.5 Å². The van der Waals surface area contributed by atoms with Gasteiger partial charge in [0.1, 0.15) is 17.9 Å². The molecule has 0 bridgehead atoms. The van der Waals surface area contributed by atoms with E-state index in [2.05, 4.69) is 0 Å². The summed E-state index contributed by atoms with van der Waals surface area (Å²) in [7, 11) is 1.59. The number of benzene rings is 2. The number of hydrogen-bond donors (Lipinski definition) is 0. The van der Waals surface area contributed by atoms with Gasteiger partial charge in [-0.1, -0.05) is 30.3 Å². The average molecular weight is 258 g/mol. The second-order valence-corrected chi connectivity index (χ2v) is 4.31. The Kier molecular flexibility index (Phi) is 4.29. The fraction of sp³-hybridized carbons (Fsp3) is 0.188. The van der Waals surface area contributed by atoms with Crippen molar-refractivity contribution < 1.29 is 13.9 Å². The zero-order chi connectivity index (χ0) is 13.7. The molecule has 0 aliphatic carbocycles. The summed E-state index contributed by atoms with van der Waals surface area (Å²) in [4.78, 5) is 11.2. The number of methoxy groups -OCH3 is 1. The summed E-state index contributed by atoms with van der Waals surface area (Å²) < 4.78 is 18.7. The van der Waals surface area contributed by atoms with E-state index in [-0.39, 0.29) is 11.7 Å². The third-order valence-corrected chi connectivity index (χ3v) is 3.11. The maximum Gasteiger partial charge on any atom is 0.127 e. The molecule has 0 N–H and O–H groups in total. The maximum atomic E-state index is 13.6. The van der Waals surface area contributed by atoms with Gasteiger partial charge in [-0.2, -0.15) is 0 Å². The molecule has 0 aliphatic rings. The van der Waals surface area contributed by atoms with Crippen LogP contribution in [-0.2, 0) is 11.2 Å². The second-order valence-electron chi connectivity index (χ2n) is 4.31. The minimum Gasteiger partial charge on any atom is -0.497 e. The lowest BCUT2D eigenvalue weighted by Gasteiger charge is -2.12. The van der Waals surface area contributed by atoms with E-state index in [9.17, 15) is 9.18 Å². The van der Waals surface area contributed by atoms with Gasteiger partial charge in [0.05, 0.1) is 7.11 Å². The van der Waals surface area contributed by atoms with Gasteiger partial charge in [-0.05, 0) is 35.7 Å². The highest BCUT2D eigenvalue weighted by atomic mass is 19.1. The summed E-state index contributed by atoms with van der Waals surface area (Å²) in [6, 6.07) is 13.8. The maximum absolute atomic E-state index is 13.6. The van der Waals surface area contributed by atoms with E-state index in [1.54, 1.807) is 37.4 Å².